The van der Waals surface area contributed by atoms with Crippen molar-refractivity contribution in [3.63, 3.8) is 0 Å². The van der Waals surface area contributed by atoms with Gasteiger partial charge in [-0.05, 0) is 48.4 Å². The second-order valence-electron chi connectivity index (χ2n) is 10.2. The molecule has 0 bridgehead atoms. The molecule has 4 N–H and O–H groups in total. The number of thiazole rings is 1. The Labute approximate surface area is 218 Å². The number of benzene rings is 2. The van der Waals surface area contributed by atoms with Crippen molar-refractivity contribution in [2.24, 2.45) is 10.7 Å². The quantitative estimate of drug-likeness (QED) is 0.456. The molecule has 1 aromatic heterocycles. The van der Waals surface area contributed by atoms with Crippen LogP contribution in [0.3, 0.4) is 0 Å². The van der Waals surface area contributed by atoms with Crippen LogP contribution in [0.4, 0.5) is 0 Å². The van der Waals surface area contributed by atoms with Gasteiger partial charge in [-0.25, -0.2) is 4.98 Å². The van der Waals surface area contributed by atoms with Gasteiger partial charge < -0.3 is 16.2 Å². The molecule has 2 aromatic carbocycles. The Morgan fingerprint density at radius 1 is 1.08 bits per heavy atom. The number of rotatable bonds is 5. The number of aliphatic imine (C=N–C) groups is 1. The van der Waals surface area contributed by atoms with Gasteiger partial charge in [0.15, 0.2) is 0 Å². The predicted molar refractivity (Wildman–Crippen MR) is 146 cm³/mol. The molecule has 184 valence electrons. The molecule has 0 spiro atoms. The van der Waals surface area contributed by atoms with Crippen molar-refractivity contribution in [2.45, 2.75) is 48.6 Å². The number of carbonyl (C=O) groups excluding carboxylic acids is 1. The van der Waals surface area contributed by atoms with E-state index in [1.165, 1.54) is 5.56 Å². The number of carbonyl (C=O) groups is 1. The molecule has 8 heteroatoms. The Hall–Kier alpha value is -2.78. The molecule has 1 amide bonds. The van der Waals surface area contributed by atoms with Crippen molar-refractivity contribution in [3.8, 4) is 0 Å². The van der Waals surface area contributed by atoms with Crippen molar-refractivity contribution >= 4 is 39.6 Å². The molecule has 36 heavy (non-hydrogen) atoms. The number of amides is 1. The SMILES string of the molecule is C[C@]1(O)C[C@@](N)(c2ccc(C3N=C(c4cnc(C5=CC(=O)NCC5)s4)SC3c3ccccc3)cc2)C1. The molecule has 0 saturated heterocycles. The zero-order valence-electron chi connectivity index (χ0n) is 20.0. The topological polar surface area (TPSA) is 101 Å². The third kappa shape index (κ3) is 4.43. The van der Waals surface area contributed by atoms with Gasteiger partial charge in [-0.1, -0.05) is 66.4 Å². The first kappa shape index (κ1) is 23.6. The van der Waals surface area contributed by atoms with Crippen molar-refractivity contribution in [1.29, 1.82) is 0 Å². The average Bonchev–Trinajstić information content (AvgIpc) is 3.51. The Kier molecular flexibility index (Phi) is 5.87. The van der Waals surface area contributed by atoms with Crippen LogP contribution in [-0.2, 0) is 10.3 Å². The number of nitrogens with one attached hydrogen (secondary N) is 1. The van der Waals surface area contributed by atoms with Crippen LogP contribution in [0, 0.1) is 0 Å². The van der Waals surface area contributed by atoms with E-state index in [2.05, 4.69) is 58.8 Å². The molecule has 3 heterocycles. The minimum Gasteiger partial charge on any atom is -0.390 e. The van der Waals surface area contributed by atoms with Crippen LogP contribution in [0.15, 0.2) is 71.9 Å². The van der Waals surface area contributed by atoms with Crippen molar-refractivity contribution in [1.82, 2.24) is 10.3 Å². The molecule has 1 saturated carbocycles. The van der Waals surface area contributed by atoms with Gasteiger partial charge >= 0.3 is 0 Å². The van der Waals surface area contributed by atoms with Crippen LogP contribution in [-0.4, -0.2) is 33.2 Å². The number of nitrogens with two attached hydrogens (primary N) is 1. The van der Waals surface area contributed by atoms with E-state index in [-0.39, 0.29) is 17.2 Å². The molecule has 6 nitrogen and oxygen atoms in total. The highest BCUT2D eigenvalue weighted by molar-refractivity contribution is 8.15. The fourth-order valence-corrected chi connectivity index (χ4v) is 7.83. The minimum atomic E-state index is -0.682. The molecule has 1 aliphatic carbocycles. The second kappa shape index (κ2) is 8.95. The Morgan fingerprint density at radius 2 is 1.83 bits per heavy atom. The number of nitrogens with zero attached hydrogens (tertiary/aromatic N) is 2. The number of thioether (sulfide) groups is 1. The van der Waals surface area contributed by atoms with Crippen molar-refractivity contribution in [3.05, 3.63) is 93.4 Å². The number of aromatic nitrogens is 1. The van der Waals surface area contributed by atoms with E-state index in [0.29, 0.717) is 19.4 Å². The van der Waals surface area contributed by atoms with Crippen molar-refractivity contribution in [2.75, 3.05) is 6.54 Å². The number of aliphatic hydroxyl groups is 1. The normalized spacial score (nSPS) is 29.8. The maximum Gasteiger partial charge on any atom is 0.244 e. The first-order valence-corrected chi connectivity index (χ1v) is 13.9. The van der Waals surface area contributed by atoms with Gasteiger partial charge in [0.25, 0.3) is 0 Å². The fraction of sp³-hybridized carbons (Fsp3) is 0.321. The minimum absolute atomic E-state index is 0.0371. The standard InChI is InChI=1S/C28H28N4O2S2/c1-27(34)15-28(29,16-27)20-9-7-17(8-10-20)23-24(18-5-3-2-4-6-18)36-26(32-23)21-14-31-25(35-21)19-11-12-30-22(33)13-19/h2-10,13-14,23-24,34H,11-12,15-16,29H2,1H3,(H,30,33)/t23?,24?,27-,28-. The van der Waals surface area contributed by atoms with Crippen LogP contribution in [0.5, 0.6) is 0 Å². The zero-order chi connectivity index (χ0) is 24.9. The lowest BCUT2D eigenvalue weighted by atomic mass is 9.63. The number of hydrogen-bond donors (Lipinski definition) is 3. The first-order chi connectivity index (χ1) is 17.3. The third-order valence-electron chi connectivity index (χ3n) is 7.12. The van der Waals surface area contributed by atoms with E-state index < -0.39 is 11.1 Å². The van der Waals surface area contributed by atoms with E-state index in [1.807, 2.05) is 19.2 Å². The molecular formula is C28H28N4O2S2. The fourth-order valence-electron chi connectivity index (χ4n) is 5.49. The summed E-state index contributed by atoms with van der Waals surface area (Å²) in [5.41, 5.74) is 9.83. The molecule has 2 aliphatic heterocycles. The maximum atomic E-state index is 11.8. The summed E-state index contributed by atoms with van der Waals surface area (Å²) in [4.78, 5) is 22.6. The van der Waals surface area contributed by atoms with E-state index >= 15 is 0 Å². The average molecular weight is 517 g/mol. The molecule has 2 unspecified atom stereocenters. The highest BCUT2D eigenvalue weighted by Gasteiger charge is 2.49. The molecule has 2 atom stereocenters. The first-order valence-electron chi connectivity index (χ1n) is 12.2. The van der Waals surface area contributed by atoms with Crippen molar-refractivity contribution < 1.29 is 9.90 Å². The summed E-state index contributed by atoms with van der Waals surface area (Å²) < 4.78 is 0. The van der Waals surface area contributed by atoms with Crippen LogP contribution in [0.25, 0.3) is 5.57 Å². The van der Waals surface area contributed by atoms with Crippen LogP contribution >= 0.6 is 23.1 Å². The second-order valence-corrected chi connectivity index (χ2v) is 12.4. The van der Waals surface area contributed by atoms with E-state index in [1.54, 1.807) is 29.2 Å². The molecule has 0 radical (unpaired) electrons. The van der Waals surface area contributed by atoms with E-state index in [0.717, 1.165) is 38.0 Å². The summed E-state index contributed by atoms with van der Waals surface area (Å²) in [6, 6.07) is 18.9. The Bertz CT molecular complexity index is 1350. The van der Waals surface area contributed by atoms with Crippen LogP contribution in [0.2, 0.25) is 0 Å². The van der Waals surface area contributed by atoms with Gasteiger partial charge in [0.05, 0.1) is 21.8 Å². The zero-order valence-corrected chi connectivity index (χ0v) is 21.6. The maximum absolute atomic E-state index is 11.8. The smallest absolute Gasteiger partial charge is 0.244 e. The Morgan fingerprint density at radius 3 is 2.53 bits per heavy atom. The monoisotopic (exact) mass is 516 g/mol. The van der Waals surface area contributed by atoms with E-state index in [4.69, 9.17) is 10.7 Å². The third-order valence-corrected chi connectivity index (χ3v) is 9.66. The van der Waals surface area contributed by atoms with Gasteiger partial charge in [-0.2, -0.15) is 0 Å². The summed E-state index contributed by atoms with van der Waals surface area (Å²) in [5, 5.41) is 15.0. The predicted octanol–water partition coefficient (Wildman–Crippen LogP) is 4.72. The lowest BCUT2D eigenvalue weighted by molar-refractivity contribution is -0.116. The van der Waals surface area contributed by atoms with Gasteiger partial charge in [0.1, 0.15) is 10.1 Å². The Balaban J connectivity index is 1.30. The van der Waals surface area contributed by atoms with Gasteiger partial charge in [-0.3, -0.25) is 9.79 Å². The lowest BCUT2D eigenvalue weighted by Gasteiger charge is -2.49. The largest absolute Gasteiger partial charge is 0.390 e. The summed E-state index contributed by atoms with van der Waals surface area (Å²) >= 11 is 3.37. The molecular weight excluding hydrogens is 488 g/mol. The molecule has 3 aromatic rings. The molecule has 3 aliphatic rings. The summed E-state index contributed by atoms with van der Waals surface area (Å²) in [6.45, 7) is 2.48. The van der Waals surface area contributed by atoms with Crippen LogP contribution in [0.1, 0.15) is 64.1 Å². The number of hydrogen-bond acceptors (Lipinski definition) is 7. The van der Waals surface area contributed by atoms with Crippen LogP contribution < -0.4 is 11.1 Å². The van der Waals surface area contributed by atoms with Gasteiger partial charge in [0.2, 0.25) is 5.91 Å². The molecule has 1 fully saturated rings. The van der Waals surface area contributed by atoms with Gasteiger partial charge in [0, 0.05) is 24.4 Å². The lowest BCUT2D eigenvalue weighted by Crippen LogP contribution is -2.58. The molecule has 6 rings (SSSR count). The summed E-state index contributed by atoms with van der Waals surface area (Å²) in [6.07, 6.45) is 5.46. The van der Waals surface area contributed by atoms with Gasteiger partial charge in [-0.15, -0.1) is 11.3 Å². The summed E-state index contributed by atoms with van der Waals surface area (Å²) in [7, 11) is 0. The highest BCUT2D eigenvalue weighted by Crippen LogP contribution is 2.51. The highest BCUT2D eigenvalue weighted by atomic mass is 32.2. The van der Waals surface area contributed by atoms with E-state index in [9.17, 15) is 9.90 Å². The summed E-state index contributed by atoms with van der Waals surface area (Å²) in [5.74, 6) is -0.0574.